The van der Waals surface area contributed by atoms with Gasteiger partial charge in [-0.05, 0) is 22.9 Å². The third-order valence-corrected chi connectivity index (χ3v) is 5.03. The zero-order valence-electron chi connectivity index (χ0n) is 14.9. The first-order chi connectivity index (χ1) is 13.4. The van der Waals surface area contributed by atoms with E-state index in [9.17, 15) is 0 Å². The summed E-state index contributed by atoms with van der Waals surface area (Å²) in [5.74, 6) is 0. The maximum Gasteiger partial charge on any atom is 0.239 e. The summed E-state index contributed by atoms with van der Waals surface area (Å²) >= 11 is 0. The Kier molecular flexibility index (Phi) is 3.87. The van der Waals surface area contributed by atoms with E-state index in [0.717, 1.165) is 17.9 Å². The summed E-state index contributed by atoms with van der Waals surface area (Å²) in [5.41, 5.74) is 3.47. The van der Waals surface area contributed by atoms with Gasteiger partial charge in [-0.3, -0.25) is 0 Å². The number of aromatic nitrogens is 2. The molecule has 2 heteroatoms. The van der Waals surface area contributed by atoms with Gasteiger partial charge in [-0.2, -0.15) is 4.57 Å². The van der Waals surface area contributed by atoms with Crippen LogP contribution in [0.1, 0.15) is 5.56 Å². The second-order valence-corrected chi connectivity index (χ2v) is 6.75. The number of hydrogen-bond donors (Lipinski definition) is 0. The molecule has 0 radical (unpaired) electrons. The van der Waals surface area contributed by atoms with Crippen molar-refractivity contribution in [1.82, 2.24) is 4.98 Å². The summed E-state index contributed by atoms with van der Waals surface area (Å²) in [4.78, 5) is 4.81. The van der Waals surface area contributed by atoms with E-state index in [1.54, 1.807) is 0 Å². The number of nitrogens with zero attached hydrogens (tertiary/aromatic N) is 2. The van der Waals surface area contributed by atoms with Crippen LogP contribution in [0.4, 0.5) is 0 Å². The fraction of sp³-hybridized carbons (Fsp3) is 0.0400. The van der Waals surface area contributed by atoms with Crippen molar-refractivity contribution in [3.63, 3.8) is 0 Å². The van der Waals surface area contributed by atoms with E-state index in [-0.39, 0.29) is 0 Å². The molecule has 0 saturated carbocycles. The molecule has 0 amide bonds. The Morgan fingerprint density at radius 2 is 1.30 bits per heavy atom. The summed E-state index contributed by atoms with van der Waals surface area (Å²) in [5, 5.41) is 4.84. The normalized spacial score (nSPS) is 11.1. The van der Waals surface area contributed by atoms with Crippen molar-refractivity contribution < 1.29 is 4.57 Å². The van der Waals surface area contributed by atoms with Gasteiger partial charge in [0.05, 0.1) is 5.39 Å². The Labute approximate surface area is 158 Å². The van der Waals surface area contributed by atoms with E-state index < -0.39 is 0 Å². The van der Waals surface area contributed by atoms with E-state index in [4.69, 9.17) is 4.98 Å². The molecule has 2 nitrogen and oxygen atoms in total. The van der Waals surface area contributed by atoms with E-state index in [0.29, 0.717) is 0 Å². The van der Waals surface area contributed by atoms with Crippen LogP contribution in [-0.2, 0) is 6.54 Å². The molecule has 2 heterocycles. The summed E-state index contributed by atoms with van der Waals surface area (Å²) in [6.07, 6.45) is 4.08. The molecule has 0 bridgehead atoms. The number of rotatable bonds is 3. The monoisotopic (exact) mass is 347 g/mol. The number of benzene rings is 3. The van der Waals surface area contributed by atoms with Crippen molar-refractivity contribution in [3.05, 3.63) is 109 Å². The van der Waals surface area contributed by atoms with Crippen molar-refractivity contribution in [3.8, 4) is 11.4 Å². The number of hydrogen-bond acceptors (Lipinski definition) is 1. The minimum Gasteiger partial charge on any atom is -0.249 e. The van der Waals surface area contributed by atoms with Crippen molar-refractivity contribution >= 4 is 21.5 Å². The Bertz CT molecular complexity index is 1240. The van der Waals surface area contributed by atoms with Crippen LogP contribution in [0, 0.1) is 0 Å². The van der Waals surface area contributed by atoms with Crippen LogP contribution in [0.15, 0.2) is 103 Å². The number of fused-ring (bicyclic) bond motifs is 2. The quantitative estimate of drug-likeness (QED) is 0.400. The molecule has 0 aliphatic heterocycles. The van der Waals surface area contributed by atoms with Crippen LogP contribution in [0.25, 0.3) is 32.9 Å². The first-order valence-corrected chi connectivity index (χ1v) is 9.19. The molecule has 3 aromatic carbocycles. The van der Waals surface area contributed by atoms with Gasteiger partial charge in [-0.1, -0.05) is 72.8 Å². The van der Waals surface area contributed by atoms with Crippen LogP contribution in [0.5, 0.6) is 0 Å². The van der Waals surface area contributed by atoms with Gasteiger partial charge in [-0.25, -0.2) is 4.98 Å². The average molecular weight is 347 g/mol. The third-order valence-electron chi connectivity index (χ3n) is 5.03. The first kappa shape index (κ1) is 15.7. The molecule has 0 spiro atoms. The Morgan fingerprint density at radius 1 is 0.630 bits per heavy atom. The predicted octanol–water partition coefficient (Wildman–Crippen LogP) is 5.39. The van der Waals surface area contributed by atoms with Gasteiger partial charge >= 0.3 is 0 Å². The highest BCUT2D eigenvalue weighted by Gasteiger charge is 2.21. The lowest BCUT2D eigenvalue weighted by molar-refractivity contribution is -0.676. The largest absolute Gasteiger partial charge is 0.249 e. The molecule has 0 saturated heterocycles. The smallest absolute Gasteiger partial charge is 0.239 e. The summed E-state index contributed by atoms with van der Waals surface area (Å²) in [7, 11) is 0. The third kappa shape index (κ3) is 2.85. The average Bonchev–Trinajstić information content (AvgIpc) is 2.74. The first-order valence-electron chi connectivity index (χ1n) is 9.19. The maximum atomic E-state index is 4.81. The zero-order chi connectivity index (χ0) is 18.1. The highest BCUT2D eigenvalue weighted by Crippen LogP contribution is 2.29. The van der Waals surface area contributed by atoms with Crippen LogP contribution in [0.2, 0.25) is 0 Å². The van der Waals surface area contributed by atoms with Gasteiger partial charge in [0.2, 0.25) is 5.69 Å². The molecule has 0 atom stereocenters. The molecule has 0 unspecified atom stereocenters. The van der Waals surface area contributed by atoms with Crippen LogP contribution >= 0.6 is 0 Å². The highest BCUT2D eigenvalue weighted by molar-refractivity contribution is 6.00. The predicted molar refractivity (Wildman–Crippen MR) is 110 cm³/mol. The summed E-state index contributed by atoms with van der Waals surface area (Å²) in [6, 6.07) is 31.8. The van der Waals surface area contributed by atoms with Gasteiger partial charge < -0.3 is 0 Å². The fourth-order valence-electron chi connectivity index (χ4n) is 3.74. The number of pyridine rings is 2. The molecule has 0 N–H and O–H groups in total. The molecule has 128 valence electrons. The van der Waals surface area contributed by atoms with Gasteiger partial charge in [0.25, 0.3) is 0 Å². The molecule has 27 heavy (non-hydrogen) atoms. The van der Waals surface area contributed by atoms with Crippen LogP contribution in [0.3, 0.4) is 0 Å². The second kappa shape index (κ2) is 6.65. The van der Waals surface area contributed by atoms with Gasteiger partial charge in [0.15, 0.2) is 12.7 Å². The van der Waals surface area contributed by atoms with Crippen LogP contribution < -0.4 is 4.57 Å². The standard InChI is InChI=1S/C25H19N2/c1-2-8-19(9-3-1)18-27-17-15-21-11-5-7-13-23(21)25(27)24-22-12-6-4-10-20(22)14-16-26-24/h1-17H,18H2/q+1. The van der Waals surface area contributed by atoms with E-state index >= 15 is 0 Å². The molecule has 0 aliphatic rings. The lowest BCUT2D eigenvalue weighted by Crippen LogP contribution is -2.37. The molecule has 5 aromatic rings. The maximum absolute atomic E-state index is 4.81. The van der Waals surface area contributed by atoms with Gasteiger partial charge in [-0.15, -0.1) is 0 Å². The zero-order valence-corrected chi connectivity index (χ0v) is 14.9. The second-order valence-electron chi connectivity index (χ2n) is 6.75. The van der Waals surface area contributed by atoms with Gasteiger partial charge in [0, 0.05) is 23.2 Å². The lowest BCUT2D eigenvalue weighted by Gasteiger charge is -2.10. The van der Waals surface area contributed by atoms with Crippen molar-refractivity contribution in [2.45, 2.75) is 6.54 Å². The van der Waals surface area contributed by atoms with E-state index in [2.05, 4.69) is 102 Å². The molecular weight excluding hydrogens is 328 g/mol. The Morgan fingerprint density at radius 3 is 2.11 bits per heavy atom. The molecule has 0 aliphatic carbocycles. The van der Waals surface area contributed by atoms with Crippen molar-refractivity contribution in [2.24, 2.45) is 0 Å². The lowest BCUT2D eigenvalue weighted by atomic mass is 10.0. The molecular formula is C25H19N2+. The topological polar surface area (TPSA) is 16.8 Å². The van der Waals surface area contributed by atoms with Crippen molar-refractivity contribution in [1.29, 1.82) is 0 Å². The van der Waals surface area contributed by atoms with E-state index in [1.165, 1.54) is 27.1 Å². The fourth-order valence-corrected chi connectivity index (χ4v) is 3.74. The SMILES string of the molecule is c1ccc(C[n+]2ccc3ccccc3c2-c2nccc3ccccc23)cc1. The minimum absolute atomic E-state index is 0.811. The highest BCUT2D eigenvalue weighted by atomic mass is 15.0. The van der Waals surface area contributed by atoms with Gasteiger partial charge in [0.1, 0.15) is 5.69 Å². The van der Waals surface area contributed by atoms with E-state index in [1.807, 2.05) is 6.20 Å². The Balaban J connectivity index is 1.82. The summed E-state index contributed by atoms with van der Waals surface area (Å²) < 4.78 is 2.31. The minimum atomic E-state index is 0.811. The molecule has 0 fully saturated rings. The van der Waals surface area contributed by atoms with Crippen LogP contribution in [-0.4, -0.2) is 4.98 Å². The molecule has 2 aromatic heterocycles. The van der Waals surface area contributed by atoms with Crippen molar-refractivity contribution in [2.75, 3.05) is 0 Å². The summed E-state index contributed by atoms with van der Waals surface area (Å²) in [6.45, 7) is 0.811. The Hall–Kier alpha value is -3.52. The molecule has 5 rings (SSSR count).